The number of hydrogen-bond acceptors (Lipinski definition) is 0. The van der Waals surface area contributed by atoms with E-state index in [1.54, 1.807) is 0 Å². The predicted molar refractivity (Wildman–Crippen MR) is 59.7 cm³/mol. The number of rotatable bonds is 4. The van der Waals surface area contributed by atoms with Gasteiger partial charge in [-0.1, -0.05) is 57.2 Å². The second-order valence-corrected chi connectivity index (χ2v) is 3.62. The summed E-state index contributed by atoms with van der Waals surface area (Å²) < 4.78 is 0. The molecule has 0 saturated heterocycles. The van der Waals surface area contributed by atoms with Gasteiger partial charge in [-0.2, -0.15) is 0 Å². The molecule has 0 aliphatic heterocycles. The maximum atomic E-state index is 3.82. The molecule has 0 heterocycles. The minimum Gasteiger partial charge on any atom is -0.0985 e. The summed E-state index contributed by atoms with van der Waals surface area (Å²) in [4.78, 5) is 0. The lowest BCUT2D eigenvalue weighted by Crippen LogP contribution is -1.99. The fraction of sp³-hybridized carbons (Fsp3) is 0.385. The van der Waals surface area contributed by atoms with Crippen LogP contribution in [0.1, 0.15) is 31.4 Å². The average Bonchev–Trinajstić information content (AvgIpc) is 2.18. The molecule has 0 aliphatic rings. The van der Waals surface area contributed by atoms with E-state index >= 15 is 0 Å². The highest BCUT2D eigenvalue weighted by atomic mass is 14.1. The Morgan fingerprint density at radius 1 is 1.38 bits per heavy atom. The van der Waals surface area contributed by atoms with Crippen LogP contribution < -0.4 is 0 Å². The molecule has 1 aromatic carbocycles. The first-order valence-electron chi connectivity index (χ1n) is 4.98. The largest absolute Gasteiger partial charge is 0.0985 e. The van der Waals surface area contributed by atoms with Crippen LogP contribution in [0.5, 0.6) is 0 Å². The first-order chi connectivity index (χ1) is 6.27. The lowest BCUT2D eigenvalue weighted by atomic mass is 9.95. The van der Waals surface area contributed by atoms with E-state index in [0.29, 0.717) is 0 Å². The Morgan fingerprint density at radius 3 is 2.69 bits per heavy atom. The van der Waals surface area contributed by atoms with Gasteiger partial charge in [0.25, 0.3) is 0 Å². The smallest absolute Gasteiger partial charge is 0.0230 e. The van der Waals surface area contributed by atoms with Gasteiger partial charge in [0, 0.05) is 0 Å². The van der Waals surface area contributed by atoms with Crippen LogP contribution in [0.4, 0.5) is 0 Å². The molecule has 0 nitrogen and oxygen atoms in total. The van der Waals surface area contributed by atoms with Crippen molar-refractivity contribution in [1.82, 2.24) is 0 Å². The van der Waals surface area contributed by atoms with Crippen molar-refractivity contribution < 1.29 is 0 Å². The molecule has 70 valence electrons. The van der Waals surface area contributed by atoms with Crippen molar-refractivity contribution in [3.63, 3.8) is 0 Å². The van der Waals surface area contributed by atoms with E-state index in [-0.39, 0.29) is 0 Å². The molecule has 0 heteroatoms. The van der Waals surface area contributed by atoms with Crippen LogP contribution in [0, 0.1) is 5.92 Å². The first kappa shape index (κ1) is 10.0. The molecule has 0 amide bonds. The first-order valence-corrected chi connectivity index (χ1v) is 4.98. The second-order valence-electron chi connectivity index (χ2n) is 3.62. The third-order valence-electron chi connectivity index (χ3n) is 2.54. The molecule has 0 spiro atoms. The Morgan fingerprint density at radius 2 is 2.08 bits per heavy atom. The quantitative estimate of drug-likeness (QED) is 0.649. The van der Waals surface area contributed by atoms with Crippen LogP contribution in [0.2, 0.25) is 0 Å². The van der Waals surface area contributed by atoms with E-state index in [1.807, 2.05) is 6.08 Å². The van der Waals surface area contributed by atoms with E-state index in [9.17, 15) is 0 Å². The Balaban J connectivity index is 2.80. The second kappa shape index (κ2) is 4.86. The Bertz CT molecular complexity index is 273. The van der Waals surface area contributed by atoms with Gasteiger partial charge in [-0.25, -0.2) is 0 Å². The molecule has 1 aromatic rings. The van der Waals surface area contributed by atoms with Crippen molar-refractivity contribution in [2.75, 3.05) is 0 Å². The van der Waals surface area contributed by atoms with Gasteiger partial charge in [-0.05, 0) is 23.5 Å². The van der Waals surface area contributed by atoms with E-state index in [0.717, 1.165) is 5.92 Å². The van der Waals surface area contributed by atoms with Crippen molar-refractivity contribution in [2.24, 2.45) is 5.92 Å². The standard InChI is InChI=1S/C13H18/c1-4-11(3)10-13-9-7-6-8-12(13)5-2/h5-9,11H,2,4,10H2,1,3H3. The van der Waals surface area contributed by atoms with Crippen molar-refractivity contribution in [3.8, 4) is 0 Å². The molecule has 1 unspecified atom stereocenters. The molecule has 0 aromatic heterocycles. The fourth-order valence-electron chi connectivity index (χ4n) is 1.44. The summed E-state index contributed by atoms with van der Waals surface area (Å²) in [7, 11) is 0. The molecule has 0 fully saturated rings. The summed E-state index contributed by atoms with van der Waals surface area (Å²) in [5.74, 6) is 0.765. The summed E-state index contributed by atoms with van der Waals surface area (Å²) in [6, 6.07) is 8.50. The number of hydrogen-bond donors (Lipinski definition) is 0. The zero-order valence-corrected chi connectivity index (χ0v) is 8.59. The lowest BCUT2D eigenvalue weighted by Gasteiger charge is -2.10. The van der Waals surface area contributed by atoms with E-state index in [1.165, 1.54) is 24.0 Å². The van der Waals surface area contributed by atoms with Crippen LogP contribution >= 0.6 is 0 Å². The maximum Gasteiger partial charge on any atom is -0.0230 e. The van der Waals surface area contributed by atoms with Crippen LogP contribution in [-0.2, 0) is 6.42 Å². The minimum absolute atomic E-state index is 0.765. The van der Waals surface area contributed by atoms with Gasteiger partial charge >= 0.3 is 0 Å². The molecule has 0 aliphatic carbocycles. The molecule has 1 atom stereocenters. The summed E-state index contributed by atoms with van der Waals surface area (Å²) in [5, 5.41) is 0. The van der Waals surface area contributed by atoms with Gasteiger partial charge in [0.2, 0.25) is 0 Å². The Labute approximate surface area is 81.3 Å². The van der Waals surface area contributed by atoms with Crippen LogP contribution in [-0.4, -0.2) is 0 Å². The normalized spacial score (nSPS) is 12.5. The van der Waals surface area contributed by atoms with E-state index in [4.69, 9.17) is 0 Å². The van der Waals surface area contributed by atoms with Gasteiger partial charge in [-0.3, -0.25) is 0 Å². The monoisotopic (exact) mass is 174 g/mol. The highest BCUT2D eigenvalue weighted by molar-refractivity contribution is 5.51. The van der Waals surface area contributed by atoms with Crippen LogP contribution in [0.25, 0.3) is 6.08 Å². The van der Waals surface area contributed by atoms with Gasteiger partial charge in [0.15, 0.2) is 0 Å². The topological polar surface area (TPSA) is 0 Å². The highest BCUT2D eigenvalue weighted by Crippen LogP contribution is 2.16. The molecule has 0 saturated carbocycles. The fourth-order valence-corrected chi connectivity index (χ4v) is 1.44. The molecular formula is C13H18. The number of benzene rings is 1. The van der Waals surface area contributed by atoms with Gasteiger partial charge in [0.1, 0.15) is 0 Å². The highest BCUT2D eigenvalue weighted by Gasteiger charge is 2.03. The van der Waals surface area contributed by atoms with Crippen LogP contribution in [0.15, 0.2) is 30.8 Å². The molecule has 0 N–H and O–H groups in total. The van der Waals surface area contributed by atoms with Crippen molar-refractivity contribution in [3.05, 3.63) is 42.0 Å². The van der Waals surface area contributed by atoms with Crippen molar-refractivity contribution in [1.29, 1.82) is 0 Å². The third-order valence-corrected chi connectivity index (χ3v) is 2.54. The predicted octanol–water partition coefficient (Wildman–Crippen LogP) is 3.92. The summed E-state index contributed by atoms with van der Waals surface area (Å²) in [6.45, 7) is 8.35. The zero-order chi connectivity index (χ0) is 9.68. The summed E-state index contributed by atoms with van der Waals surface area (Å²) >= 11 is 0. The summed E-state index contributed by atoms with van der Waals surface area (Å²) in [5.41, 5.74) is 2.70. The SMILES string of the molecule is C=Cc1ccccc1CC(C)CC. The average molecular weight is 174 g/mol. The maximum absolute atomic E-state index is 3.82. The molecule has 0 radical (unpaired) electrons. The van der Waals surface area contributed by atoms with Crippen LogP contribution in [0.3, 0.4) is 0 Å². The minimum atomic E-state index is 0.765. The molecule has 1 rings (SSSR count). The third kappa shape index (κ3) is 2.73. The molecule has 13 heavy (non-hydrogen) atoms. The van der Waals surface area contributed by atoms with Crippen molar-refractivity contribution >= 4 is 6.08 Å². The molecular weight excluding hydrogens is 156 g/mol. The lowest BCUT2D eigenvalue weighted by molar-refractivity contribution is 0.560. The van der Waals surface area contributed by atoms with Gasteiger partial charge < -0.3 is 0 Å². The van der Waals surface area contributed by atoms with Gasteiger partial charge in [0.05, 0.1) is 0 Å². The van der Waals surface area contributed by atoms with E-state index in [2.05, 4.69) is 44.7 Å². The zero-order valence-electron chi connectivity index (χ0n) is 8.59. The summed E-state index contributed by atoms with van der Waals surface area (Å²) in [6.07, 6.45) is 4.35. The van der Waals surface area contributed by atoms with E-state index < -0.39 is 0 Å². The molecule has 0 bridgehead atoms. The van der Waals surface area contributed by atoms with Gasteiger partial charge in [-0.15, -0.1) is 0 Å². The Kier molecular flexibility index (Phi) is 3.75. The van der Waals surface area contributed by atoms with Crippen molar-refractivity contribution in [2.45, 2.75) is 26.7 Å². The Hall–Kier alpha value is -1.04.